The van der Waals surface area contributed by atoms with Crippen LogP contribution in [0.3, 0.4) is 0 Å². The number of aliphatic hydroxyl groups is 1. The number of amides is 1. The van der Waals surface area contributed by atoms with Crippen molar-refractivity contribution < 1.29 is 27.4 Å². The topological polar surface area (TPSA) is 95.9 Å². The summed E-state index contributed by atoms with van der Waals surface area (Å²) in [6, 6.07) is 15.9. The highest BCUT2D eigenvalue weighted by Gasteiger charge is 2.38. The van der Waals surface area contributed by atoms with E-state index in [1.165, 1.54) is 0 Å². The van der Waals surface area contributed by atoms with Crippen molar-refractivity contribution in [3.8, 4) is 5.75 Å². The summed E-state index contributed by atoms with van der Waals surface area (Å²) in [5, 5.41) is 10.6. The van der Waals surface area contributed by atoms with Crippen LogP contribution < -0.4 is 13.8 Å². The molecule has 0 unspecified atom stereocenters. The lowest BCUT2D eigenvalue weighted by Crippen LogP contribution is -2.30. The molecule has 34 heavy (non-hydrogen) atoms. The van der Waals surface area contributed by atoms with E-state index >= 15 is 4.39 Å². The average Bonchev–Trinajstić information content (AvgIpc) is 3.04. The van der Waals surface area contributed by atoms with Crippen molar-refractivity contribution in [3.63, 3.8) is 0 Å². The fraction of sp³-hybridized carbons (Fsp3) is 0.240. The van der Waals surface area contributed by atoms with Gasteiger partial charge in [-0.25, -0.2) is 13.4 Å². The minimum Gasteiger partial charge on any atom is -0.487 e. The molecular formula is C25H25FN2O5S. The second-order valence-electron chi connectivity index (χ2n) is 8.75. The van der Waals surface area contributed by atoms with Crippen LogP contribution in [0.5, 0.6) is 5.75 Å². The molecule has 3 aromatic rings. The molecule has 1 aliphatic rings. The number of fused-ring (bicyclic) bond motifs is 1. The van der Waals surface area contributed by atoms with Crippen LogP contribution in [-0.4, -0.2) is 31.6 Å². The van der Waals surface area contributed by atoms with Gasteiger partial charge in [0.05, 0.1) is 5.60 Å². The third kappa shape index (κ3) is 5.21. The van der Waals surface area contributed by atoms with E-state index in [1.54, 1.807) is 50.3 Å². The maximum Gasteiger partial charge on any atom is 0.326 e. The van der Waals surface area contributed by atoms with Crippen molar-refractivity contribution in [2.24, 2.45) is 0 Å². The molecular weight excluding hydrogens is 459 g/mol. The third-order valence-corrected chi connectivity index (χ3v) is 6.65. The molecule has 0 atom stereocenters. The number of rotatable bonds is 7. The van der Waals surface area contributed by atoms with Crippen molar-refractivity contribution in [1.82, 2.24) is 4.72 Å². The van der Waals surface area contributed by atoms with Crippen LogP contribution in [0.4, 0.5) is 10.1 Å². The quantitative estimate of drug-likeness (QED) is 0.530. The Balaban J connectivity index is 1.79. The molecule has 1 aliphatic heterocycles. The van der Waals surface area contributed by atoms with E-state index in [-0.39, 0.29) is 23.4 Å². The van der Waals surface area contributed by atoms with Crippen molar-refractivity contribution in [2.45, 2.75) is 32.5 Å². The highest BCUT2D eigenvalue weighted by atomic mass is 32.2. The van der Waals surface area contributed by atoms with Crippen LogP contribution in [0.25, 0.3) is 16.8 Å². The summed E-state index contributed by atoms with van der Waals surface area (Å²) >= 11 is 0. The molecule has 0 radical (unpaired) electrons. The van der Waals surface area contributed by atoms with E-state index in [0.717, 1.165) is 5.56 Å². The minimum absolute atomic E-state index is 0.0132. The predicted octanol–water partition coefficient (Wildman–Crippen LogP) is 3.91. The van der Waals surface area contributed by atoms with Crippen molar-refractivity contribution in [2.75, 3.05) is 10.8 Å². The Morgan fingerprint density at radius 3 is 2.56 bits per heavy atom. The summed E-state index contributed by atoms with van der Waals surface area (Å²) in [4.78, 5) is 11.8. The van der Waals surface area contributed by atoms with E-state index in [0.29, 0.717) is 21.7 Å². The molecule has 0 bridgehead atoms. The maximum absolute atomic E-state index is 15.9. The number of benzene rings is 3. The van der Waals surface area contributed by atoms with Gasteiger partial charge < -0.3 is 9.84 Å². The Bertz CT molecular complexity index is 1370. The fourth-order valence-corrected chi connectivity index (χ4v) is 4.81. The Kier molecular flexibility index (Phi) is 6.33. The first-order valence-corrected chi connectivity index (χ1v) is 12.1. The van der Waals surface area contributed by atoms with E-state index in [2.05, 4.69) is 0 Å². The zero-order chi connectivity index (χ0) is 24.5. The third-order valence-electron chi connectivity index (χ3n) is 5.28. The first-order chi connectivity index (χ1) is 16.0. The standard InChI is InChI=1S/C25H25FN2O5S/c1-25(2,30)12-6-9-17-10-11-19-14-21(33-16-18-7-4-3-5-8-18)24(23(26)20(19)13-17)28-15-22(29)27-34(28,31)32/h3-11,13-14,30H,12,15-16H2,1-2H3,(H,27,29)/b9-6+. The second kappa shape index (κ2) is 9.08. The molecule has 0 spiro atoms. The Morgan fingerprint density at radius 1 is 1.18 bits per heavy atom. The van der Waals surface area contributed by atoms with E-state index in [1.807, 2.05) is 35.1 Å². The van der Waals surface area contributed by atoms with Crippen molar-refractivity contribution >= 4 is 38.7 Å². The zero-order valence-electron chi connectivity index (χ0n) is 18.8. The SMILES string of the molecule is CC(C)(O)C/C=C/c1ccc2cc(OCc3ccccc3)c(N3CC(=O)NS3(=O)=O)c(F)c2c1. The summed E-state index contributed by atoms with van der Waals surface area (Å²) in [5.41, 5.74) is 0.303. The lowest BCUT2D eigenvalue weighted by Gasteiger charge is -2.21. The summed E-state index contributed by atoms with van der Waals surface area (Å²) in [7, 11) is -4.25. The molecule has 0 saturated carbocycles. The van der Waals surface area contributed by atoms with E-state index in [9.17, 15) is 18.3 Å². The van der Waals surface area contributed by atoms with Gasteiger partial charge in [-0.2, -0.15) is 8.42 Å². The van der Waals surface area contributed by atoms with Crippen LogP contribution in [0.1, 0.15) is 31.4 Å². The van der Waals surface area contributed by atoms with Gasteiger partial charge in [0.1, 0.15) is 24.6 Å². The predicted molar refractivity (Wildman–Crippen MR) is 129 cm³/mol. The van der Waals surface area contributed by atoms with Crippen LogP contribution in [-0.2, 0) is 21.6 Å². The monoisotopic (exact) mass is 484 g/mol. The second-order valence-corrected chi connectivity index (χ2v) is 10.3. The summed E-state index contributed by atoms with van der Waals surface area (Å²) in [6.07, 6.45) is 3.95. The van der Waals surface area contributed by atoms with Gasteiger partial charge in [0, 0.05) is 5.39 Å². The molecule has 9 heteroatoms. The Labute approximate surface area is 197 Å². The molecule has 1 heterocycles. The number of halogens is 1. The van der Waals surface area contributed by atoms with Gasteiger partial charge in [0.25, 0.3) is 5.91 Å². The number of carbonyl (C=O) groups is 1. The fourth-order valence-electron chi connectivity index (χ4n) is 3.65. The molecule has 1 amide bonds. The molecule has 0 aliphatic carbocycles. The van der Waals surface area contributed by atoms with Crippen LogP contribution in [0.15, 0.2) is 60.7 Å². The van der Waals surface area contributed by atoms with Gasteiger partial charge in [0.15, 0.2) is 5.82 Å². The highest BCUT2D eigenvalue weighted by molar-refractivity contribution is 7.92. The van der Waals surface area contributed by atoms with Gasteiger partial charge in [-0.1, -0.05) is 54.6 Å². The van der Waals surface area contributed by atoms with E-state index < -0.39 is 34.1 Å². The molecule has 1 fully saturated rings. The van der Waals surface area contributed by atoms with E-state index in [4.69, 9.17) is 4.74 Å². The molecule has 2 N–H and O–H groups in total. The first-order valence-electron chi connectivity index (χ1n) is 10.7. The maximum atomic E-state index is 15.9. The number of nitrogens with zero attached hydrogens (tertiary/aromatic N) is 1. The summed E-state index contributed by atoms with van der Waals surface area (Å²) in [5.74, 6) is -1.55. The lowest BCUT2D eigenvalue weighted by molar-refractivity contribution is -0.117. The van der Waals surface area contributed by atoms with Crippen LogP contribution in [0, 0.1) is 5.82 Å². The molecule has 7 nitrogen and oxygen atoms in total. The summed E-state index contributed by atoms with van der Waals surface area (Å²) < 4.78 is 49.4. The molecule has 0 aromatic heterocycles. The lowest BCUT2D eigenvalue weighted by atomic mass is 10.0. The number of anilines is 1. The number of nitrogens with one attached hydrogen (secondary N) is 1. The largest absolute Gasteiger partial charge is 0.487 e. The summed E-state index contributed by atoms with van der Waals surface area (Å²) in [6.45, 7) is 2.92. The van der Waals surface area contributed by atoms with Gasteiger partial charge >= 0.3 is 10.2 Å². The number of carbonyl (C=O) groups excluding carboxylic acids is 1. The smallest absolute Gasteiger partial charge is 0.326 e. The number of hydrogen-bond donors (Lipinski definition) is 2. The molecule has 1 saturated heterocycles. The van der Waals surface area contributed by atoms with Crippen molar-refractivity contribution in [1.29, 1.82) is 0 Å². The minimum atomic E-state index is -4.25. The van der Waals surface area contributed by atoms with Gasteiger partial charge in [0.2, 0.25) is 0 Å². The first kappa shape index (κ1) is 23.7. The zero-order valence-corrected chi connectivity index (χ0v) is 19.6. The normalized spacial score (nSPS) is 15.8. The highest BCUT2D eigenvalue weighted by Crippen LogP contribution is 2.40. The number of ether oxygens (including phenoxy) is 1. The van der Waals surface area contributed by atoms with Crippen molar-refractivity contribution in [3.05, 3.63) is 77.6 Å². The number of hydrogen-bond acceptors (Lipinski definition) is 5. The Hall–Kier alpha value is -3.43. The molecule has 3 aromatic carbocycles. The Morgan fingerprint density at radius 2 is 1.91 bits per heavy atom. The van der Waals surface area contributed by atoms with Crippen LogP contribution >= 0.6 is 0 Å². The average molecular weight is 485 g/mol. The van der Waals surface area contributed by atoms with Gasteiger partial charge in [-0.05, 0) is 48.9 Å². The van der Waals surface area contributed by atoms with Crippen LogP contribution in [0.2, 0.25) is 0 Å². The molecule has 178 valence electrons. The molecule has 4 rings (SSSR count). The van der Waals surface area contributed by atoms with Gasteiger partial charge in [-0.15, -0.1) is 0 Å². The van der Waals surface area contributed by atoms with Gasteiger partial charge in [-0.3, -0.25) is 4.79 Å².